The topological polar surface area (TPSA) is 57.6 Å². The highest BCUT2D eigenvalue weighted by atomic mass is 16.3. The number of nitrogens with zero attached hydrogens (tertiary/aromatic N) is 1. The molecule has 1 rings (SSSR count). The van der Waals surface area contributed by atoms with Crippen molar-refractivity contribution >= 4 is 11.8 Å². The predicted octanol–water partition coefficient (Wildman–Crippen LogP) is 0.296. The first-order valence-electron chi connectivity index (χ1n) is 4.66. The molecule has 0 aromatic rings. The summed E-state index contributed by atoms with van der Waals surface area (Å²) in [5, 5.41) is 8.97. The number of rotatable bonds is 3. The van der Waals surface area contributed by atoms with E-state index in [-0.39, 0.29) is 24.5 Å². The summed E-state index contributed by atoms with van der Waals surface area (Å²) in [6.45, 7) is 1.73. The first-order valence-corrected chi connectivity index (χ1v) is 4.66. The molecule has 13 heavy (non-hydrogen) atoms. The molecule has 1 aliphatic heterocycles. The van der Waals surface area contributed by atoms with Crippen LogP contribution in [0.15, 0.2) is 0 Å². The van der Waals surface area contributed by atoms with Crippen LogP contribution >= 0.6 is 0 Å². The number of hydrogen-bond acceptors (Lipinski definition) is 3. The van der Waals surface area contributed by atoms with Gasteiger partial charge in [-0.15, -0.1) is 0 Å². The molecule has 1 atom stereocenters. The van der Waals surface area contributed by atoms with Crippen LogP contribution in [0.4, 0.5) is 0 Å². The Labute approximate surface area is 77.5 Å². The summed E-state index contributed by atoms with van der Waals surface area (Å²) in [6, 6.07) is -0.319. The van der Waals surface area contributed by atoms with Gasteiger partial charge in [0.1, 0.15) is 0 Å². The number of piperidine rings is 1. The summed E-state index contributed by atoms with van der Waals surface area (Å²) < 4.78 is 0. The zero-order valence-electron chi connectivity index (χ0n) is 7.82. The van der Waals surface area contributed by atoms with E-state index in [1.165, 1.54) is 4.90 Å². The molecule has 4 nitrogen and oxygen atoms in total. The van der Waals surface area contributed by atoms with Crippen LogP contribution in [0.1, 0.15) is 32.6 Å². The minimum absolute atomic E-state index is 0.131. The Morgan fingerprint density at radius 1 is 1.38 bits per heavy atom. The van der Waals surface area contributed by atoms with E-state index in [4.69, 9.17) is 5.11 Å². The largest absolute Gasteiger partial charge is 0.394 e. The number of carbonyl (C=O) groups is 2. The predicted molar refractivity (Wildman–Crippen MR) is 46.9 cm³/mol. The standard InChI is InChI=1S/C9H15NO3/c1-2-7(6-11)10-8(12)4-3-5-9(10)13/h7,11H,2-6H2,1H3/t7-/m1/s1. The molecule has 0 aromatic heterocycles. The van der Waals surface area contributed by atoms with Gasteiger partial charge >= 0.3 is 0 Å². The maximum Gasteiger partial charge on any atom is 0.229 e. The highest BCUT2D eigenvalue weighted by Crippen LogP contribution is 2.16. The molecule has 0 saturated carbocycles. The molecule has 4 heteroatoms. The summed E-state index contributed by atoms with van der Waals surface area (Å²) in [5.41, 5.74) is 0. The Bertz CT molecular complexity index is 195. The van der Waals surface area contributed by atoms with E-state index in [9.17, 15) is 9.59 Å². The monoisotopic (exact) mass is 185 g/mol. The zero-order valence-corrected chi connectivity index (χ0v) is 7.82. The second-order valence-electron chi connectivity index (χ2n) is 3.26. The van der Waals surface area contributed by atoms with Gasteiger partial charge in [-0.05, 0) is 12.8 Å². The van der Waals surface area contributed by atoms with Gasteiger partial charge in [-0.2, -0.15) is 0 Å². The molecular weight excluding hydrogens is 170 g/mol. The van der Waals surface area contributed by atoms with Crippen molar-refractivity contribution in [1.82, 2.24) is 4.90 Å². The zero-order chi connectivity index (χ0) is 9.84. The van der Waals surface area contributed by atoms with E-state index >= 15 is 0 Å². The van der Waals surface area contributed by atoms with E-state index in [0.29, 0.717) is 25.7 Å². The van der Waals surface area contributed by atoms with E-state index in [0.717, 1.165) is 0 Å². The minimum atomic E-state index is -0.319. The Morgan fingerprint density at radius 3 is 2.31 bits per heavy atom. The third kappa shape index (κ3) is 2.06. The molecule has 74 valence electrons. The lowest BCUT2D eigenvalue weighted by atomic mass is 10.1. The fraction of sp³-hybridized carbons (Fsp3) is 0.778. The normalized spacial score (nSPS) is 20.6. The molecule has 0 aromatic carbocycles. The fourth-order valence-electron chi connectivity index (χ4n) is 1.57. The molecule has 0 unspecified atom stereocenters. The summed E-state index contributed by atoms with van der Waals surface area (Å²) >= 11 is 0. The van der Waals surface area contributed by atoms with Gasteiger partial charge in [-0.3, -0.25) is 14.5 Å². The van der Waals surface area contributed by atoms with Crippen molar-refractivity contribution < 1.29 is 14.7 Å². The van der Waals surface area contributed by atoms with Crippen molar-refractivity contribution in [3.63, 3.8) is 0 Å². The van der Waals surface area contributed by atoms with E-state index in [2.05, 4.69) is 0 Å². The van der Waals surface area contributed by atoms with Crippen molar-refractivity contribution in [2.45, 2.75) is 38.6 Å². The molecule has 0 spiro atoms. The van der Waals surface area contributed by atoms with Crippen molar-refractivity contribution in [3.8, 4) is 0 Å². The average molecular weight is 185 g/mol. The maximum atomic E-state index is 11.4. The summed E-state index contributed by atoms with van der Waals surface area (Å²) in [5.74, 6) is -0.283. The van der Waals surface area contributed by atoms with E-state index in [1.54, 1.807) is 0 Å². The van der Waals surface area contributed by atoms with Crippen molar-refractivity contribution in [1.29, 1.82) is 0 Å². The van der Waals surface area contributed by atoms with Gasteiger partial charge in [0.05, 0.1) is 12.6 Å². The third-order valence-electron chi connectivity index (χ3n) is 2.37. The van der Waals surface area contributed by atoms with Crippen molar-refractivity contribution in [2.75, 3.05) is 6.61 Å². The number of carbonyl (C=O) groups excluding carboxylic acids is 2. The van der Waals surface area contributed by atoms with Crippen LogP contribution in [0.2, 0.25) is 0 Å². The van der Waals surface area contributed by atoms with Gasteiger partial charge < -0.3 is 5.11 Å². The summed E-state index contributed by atoms with van der Waals surface area (Å²) in [4.78, 5) is 23.9. The Hall–Kier alpha value is -0.900. The van der Waals surface area contributed by atoms with Crippen molar-refractivity contribution in [2.24, 2.45) is 0 Å². The number of aliphatic hydroxyl groups is 1. The van der Waals surface area contributed by atoms with Crippen LogP contribution in [-0.2, 0) is 9.59 Å². The first-order chi connectivity index (χ1) is 6.20. The average Bonchev–Trinajstić information content (AvgIpc) is 2.11. The number of imide groups is 1. The lowest BCUT2D eigenvalue weighted by molar-refractivity contribution is -0.152. The smallest absolute Gasteiger partial charge is 0.229 e. The molecule has 1 aliphatic rings. The summed E-state index contributed by atoms with van der Waals surface area (Å²) in [6.07, 6.45) is 2.13. The Balaban J connectivity index is 2.72. The third-order valence-corrected chi connectivity index (χ3v) is 2.37. The lowest BCUT2D eigenvalue weighted by Crippen LogP contribution is -2.48. The molecular formula is C9H15NO3. The molecule has 1 saturated heterocycles. The Morgan fingerprint density at radius 2 is 1.92 bits per heavy atom. The number of aliphatic hydroxyl groups excluding tert-OH is 1. The second kappa shape index (κ2) is 4.37. The van der Waals surface area contributed by atoms with Gasteiger partial charge in [-0.25, -0.2) is 0 Å². The van der Waals surface area contributed by atoms with Crippen LogP contribution in [0.25, 0.3) is 0 Å². The van der Waals surface area contributed by atoms with Crippen LogP contribution in [-0.4, -0.2) is 34.5 Å². The van der Waals surface area contributed by atoms with E-state index in [1.807, 2.05) is 6.92 Å². The van der Waals surface area contributed by atoms with Crippen LogP contribution in [0.5, 0.6) is 0 Å². The van der Waals surface area contributed by atoms with Crippen molar-refractivity contribution in [3.05, 3.63) is 0 Å². The minimum Gasteiger partial charge on any atom is -0.394 e. The van der Waals surface area contributed by atoms with Gasteiger partial charge in [0.2, 0.25) is 11.8 Å². The lowest BCUT2D eigenvalue weighted by Gasteiger charge is -2.31. The van der Waals surface area contributed by atoms with Crippen LogP contribution in [0.3, 0.4) is 0 Å². The molecule has 1 N–H and O–H groups in total. The molecule has 0 bridgehead atoms. The number of amides is 2. The Kier molecular flexibility index (Phi) is 3.42. The molecule has 1 fully saturated rings. The first kappa shape index (κ1) is 10.2. The van der Waals surface area contributed by atoms with Gasteiger partial charge in [-0.1, -0.05) is 6.92 Å². The van der Waals surface area contributed by atoms with Crippen LogP contribution in [0, 0.1) is 0 Å². The van der Waals surface area contributed by atoms with Gasteiger partial charge in [0, 0.05) is 12.8 Å². The summed E-state index contributed by atoms with van der Waals surface area (Å²) in [7, 11) is 0. The SMILES string of the molecule is CC[C@H](CO)N1C(=O)CCCC1=O. The number of likely N-dealkylation sites (tertiary alicyclic amines) is 1. The van der Waals surface area contributed by atoms with Gasteiger partial charge in [0.15, 0.2) is 0 Å². The molecule has 0 radical (unpaired) electrons. The number of hydrogen-bond donors (Lipinski definition) is 1. The molecule has 0 aliphatic carbocycles. The highest BCUT2D eigenvalue weighted by molar-refractivity contribution is 5.97. The van der Waals surface area contributed by atoms with Crippen LogP contribution < -0.4 is 0 Å². The molecule has 1 heterocycles. The second-order valence-corrected chi connectivity index (χ2v) is 3.26. The van der Waals surface area contributed by atoms with Gasteiger partial charge in [0.25, 0.3) is 0 Å². The maximum absolute atomic E-state index is 11.4. The van der Waals surface area contributed by atoms with E-state index < -0.39 is 0 Å². The fourth-order valence-corrected chi connectivity index (χ4v) is 1.57. The molecule has 2 amide bonds. The quantitative estimate of drug-likeness (QED) is 0.643. The highest BCUT2D eigenvalue weighted by Gasteiger charge is 2.30.